The zero-order chi connectivity index (χ0) is 23.8. The number of carbonyl (C=O) groups excluding carboxylic acids is 3. The second kappa shape index (κ2) is 8.90. The molecule has 1 aliphatic rings. The van der Waals surface area contributed by atoms with E-state index >= 15 is 0 Å². The molecule has 0 spiro atoms. The molecular formula is C24H23BrN2O6. The molecule has 2 atom stereocenters. The van der Waals surface area contributed by atoms with Gasteiger partial charge in [0, 0.05) is 4.47 Å². The van der Waals surface area contributed by atoms with E-state index in [-0.39, 0.29) is 24.2 Å². The normalized spacial score (nSPS) is 18.8. The predicted molar refractivity (Wildman–Crippen MR) is 124 cm³/mol. The fourth-order valence-electron chi connectivity index (χ4n) is 3.77. The largest absolute Gasteiger partial charge is 0.486 e. The Kier molecular flexibility index (Phi) is 6.16. The number of methoxy groups -OCH3 is 1. The van der Waals surface area contributed by atoms with Gasteiger partial charge in [0.05, 0.1) is 18.5 Å². The molecule has 3 aromatic rings. The molecule has 0 saturated carbocycles. The van der Waals surface area contributed by atoms with Gasteiger partial charge in [0.2, 0.25) is 11.7 Å². The molecule has 0 bridgehead atoms. The fraction of sp³-hybridized carbons (Fsp3) is 0.292. The van der Waals surface area contributed by atoms with Gasteiger partial charge >= 0.3 is 5.97 Å². The van der Waals surface area contributed by atoms with Crippen LogP contribution in [0.15, 0.2) is 57.4 Å². The van der Waals surface area contributed by atoms with Crippen molar-refractivity contribution >= 4 is 44.7 Å². The van der Waals surface area contributed by atoms with E-state index in [1.165, 1.54) is 7.11 Å². The van der Waals surface area contributed by atoms with Crippen molar-refractivity contribution in [2.24, 2.45) is 0 Å². The average Bonchev–Trinajstić information content (AvgIpc) is 3.13. The molecule has 2 aromatic carbocycles. The first-order valence-corrected chi connectivity index (χ1v) is 11.1. The average molecular weight is 515 g/mol. The van der Waals surface area contributed by atoms with Crippen molar-refractivity contribution in [1.29, 1.82) is 0 Å². The maximum Gasteiger partial charge on any atom is 0.325 e. The van der Waals surface area contributed by atoms with Gasteiger partial charge in [0.15, 0.2) is 11.3 Å². The zero-order valence-electron chi connectivity index (χ0n) is 18.4. The van der Waals surface area contributed by atoms with Crippen LogP contribution in [0.1, 0.15) is 36.0 Å². The Morgan fingerprint density at radius 1 is 1.24 bits per heavy atom. The van der Waals surface area contributed by atoms with E-state index in [4.69, 9.17) is 13.9 Å². The minimum atomic E-state index is -1.50. The molecule has 0 radical (unpaired) electrons. The smallest absolute Gasteiger partial charge is 0.325 e. The summed E-state index contributed by atoms with van der Waals surface area (Å²) >= 11 is 3.38. The summed E-state index contributed by atoms with van der Waals surface area (Å²) in [4.78, 5) is 40.4. The van der Waals surface area contributed by atoms with Gasteiger partial charge in [-0.05, 0) is 37.6 Å². The zero-order valence-corrected chi connectivity index (χ0v) is 20.0. The number of amides is 2. The van der Waals surface area contributed by atoms with Crippen molar-refractivity contribution in [2.45, 2.75) is 25.4 Å². The Hall–Kier alpha value is -3.33. The molecule has 4 rings (SSSR count). The highest BCUT2D eigenvalue weighted by atomic mass is 79.9. The van der Waals surface area contributed by atoms with Crippen molar-refractivity contribution in [3.05, 3.63) is 64.3 Å². The number of esters is 1. The quantitative estimate of drug-likeness (QED) is 0.519. The number of fused-ring (bicyclic) bond motifs is 3. The maximum absolute atomic E-state index is 13.6. The van der Waals surface area contributed by atoms with Crippen LogP contribution in [0, 0.1) is 0 Å². The van der Waals surface area contributed by atoms with Gasteiger partial charge in [-0.1, -0.05) is 46.3 Å². The summed E-state index contributed by atoms with van der Waals surface area (Å²) in [5.41, 5.74) is -0.151. The lowest BCUT2D eigenvalue weighted by Gasteiger charge is -2.37. The second-order valence-electron chi connectivity index (χ2n) is 8.04. The van der Waals surface area contributed by atoms with Crippen LogP contribution < -0.4 is 10.1 Å². The predicted octanol–water partition coefficient (Wildman–Crippen LogP) is 3.84. The molecule has 2 amide bonds. The highest BCUT2D eigenvalue weighted by molar-refractivity contribution is 9.10. The van der Waals surface area contributed by atoms with E-state index in [1.54, 1.807) is 25.1 Å². The van der Waals surface area contributed by atoms with Crippen LogP contribution in [0.2, 0.25) is 0 Å². The van der Waals surface area contributed by atoms with E-state index < -0.39 is 29.9 Å². The van der Waals surface area contributed by atoms with E-state index in [0.717, 1.165) is 14.9 Å². The summed E-state index contributed by atoms with van der Waals surface area (Å²) in [6, 6.07) is 14.4. The highest BCUT2D eigenvalue weighted by Gasteiger charge is 2.49. The molecule has 2 heterocycles. The molecule has 9 heteroatoms. The molecule has 172 valence electrons. The van der Waals surface area contributed by atoms with Crippen LogP contribution in [-0.4, -0.2) is 48.5 Å². The van der Waals surface area contributed by atoms with Gasteiger partial charge < -0.3 is 24.1 Å². The lowest BCUT2D eigenvalue weighted by Crippen LogP contribution is -2.62. The molecular weight excluding hydrogens is 492 g/mol. The minimum Gasteiger partial charge on any atom is -0.486 e. The van der Waals surface area contributed by atoms with Crippen LogP contribution in [0.3, 0.4) is 0 Å². The second-order valence-corrected chi connectivity index (χ2v) is 8.95. The Balaban J connectivity index is 1.72. The number of halogens is 1. The summed E-state index contributed by atoms with van der Waals surface area (Å²) in [7, 11) is 1.22. The number of hydrogen-bond donors (Lipinski definition) is 1. The third-order valence-electron chi connectivity index (χ3n) is 5.79. The summed E-state index contributed by atoms with van der Waals surface area (Å²) in [6.45, 7) is 2.78. The SMILES string of the molecule is COC(=O)CN1C(=O)c2oc3cc(Br)ccc3c2OC[C@]1(C)C(=O)NC(C)c1ccccc1. The Labute approximate surface area is 198 Å². The van der Waals surface area contributed by atoms with Gasteiger partial charge in [-0.2, -0.15) is 0 Å². The van der Waals surface area contributed by atoms with E-state index in [2.05, 4.69) is 21.2 Å². The first kappa shape index (κ1) is 22.8. The molecule has 0 saturated heterocycles. The number of furan rings is 1. The first-order chi connectivity index (χ1) is 15.7. The van der Waals surface area contributed by atoms with E-state index in [1.807, 2.05) is 37.3 Å². The van der Waals surface area contributed by atoms with Gasteiger partial charge in [-0.15, -0.1) is 0 Å². The third kappa shape index (κ3) is 4.20. The standard InChI is InChI=1S/C24H23BrN2O6/c1-14(15-7-5-4-6-8-15)26-23(30)24(2)13-32-20-17-10-9-16(25)11-18(17)33-21(20)22(29)27(24)12-19(28)31-3/h4-11,14H,12-13H2,1-3H3,(H,26,30)/t14?,24-/m1/s1. The van der Waals surface area contributed by atoms with Crippen molar-refractivity contribution in [3.8, 4) is 5.75 Å². The summed E-state index contributed by atoms with van der Waals surface area (Å²) in [6.07, 6.45) is 0. The fourth-order valence-corrected chi connectivity index (χ4v) is 4.11. The van der Waals surface area contributed by atoms with Crippen LogP contribution >= 0.6 is 15.9 Å². The third-order valence-corrected chi connectivity index (χ3v) is 6.28. The van der Waals surface area contributed by atoms with Gasteiger partial charge in [0.25, 0.3) is 5.91 Å². The minimum absolute atomic E-state index is 0.0698. The summed E-state index contributed by atoms with van der Waals surface area (Å²) in [5, 5.41) is 3.54. The van der Waals surface area contributed by atoms with Gasteiger partial charge in [-0.3, -0.25) is 14.4 Å². The van der Waals surface area contributed by atoms with Crippen molar-refractivity contribution < 1.29 is 28.3 Å². The van der Waals surface area contributed by atoms with Gasteiger partial charge in [0.1, 0.15) is 18.7 Å². The molecule has 1 N–H and O–H groups in total. The number of nitrogens with one attached hydrogen (secondary N) is 1. The van der Waals surface area contributed by atoms with Crippen molar-refractivity contribution in [1.82, 2.24) is 10.2 Å². The van der Waals surface area contributed by atoms with Gasteiger partial charge in [-0.25, -0.2) is 0 Å². The van der Waals surface area contributed by atoms with E-state index in [9.17, 15) is 14.4 Å². The lowest BCUT2D eigenvalue weighted by atomic mass is 9.97. The Morgan fingerprint density at radius 3 is 2.67 bits per heavy atom. The Bertz CT molecular complexity index is 1220. The molecule has 0 aliphatic carbocycles. The van der Waals surface area contributed by atoms with Crippen molar-refractivity contribution in [2.75, 3.05) is 20.3 Å². The number of nitrogens with zero attached hydrogens (tertiary/aromatic N) is 1. The molecule has 1 unspecified atom stereocenters. The number of ether oxygens (including phenoxy) is 2. The lowest BCUT2D eigenvalue weighted by molar-refractivity contribution is -0.145. The summed E-state index contributed by atoms with van der Waals surface area (Å²) in [5.74, 6) is -1.59. The van der Waals surface area contributed by atoms with Crippen LogP contribution in [0.4, 0.5) is 0 Å². The maximum atomic E-state index is 13.6. The molecule has 1 aromatic heterocycles. The number of hydrogen-bond acceptors (Lipinski definition) is 6. The first-order valence-electron chi connectivity index (χ1n) is 10.3. The van der Waals surface area contributed by atoms with Crippen LogP contribution in [0.25, 0.3) is 11.0 Å². The topological polar surface area (TPSA) is 98.1 Å². The number of carbonyl (C=O) groups is 3. The van der Waals surface area contributed by atoms with Crippen molar-refractivity contribution in [3.63, 3.8) is 0 Å². The number of benzene rings is 2. The monoisotopic (exact) mass is 514 g/mol. The van der Waals surface area contributed by atoms with Crippen LogP contribution in [-0.2, 0) is 14.3 Å². The highest BCUT2D eigenvalue weighted by Crippen LogP contribution is 2.39. The summed E-state index contributed by atoms with van der Waals surface area (Å²) < 4.78 is 17.4. The molecule has 33 heavy (non-hydrogen) atoms. The molecule has 8 nitrogen and oxygen atoms in total. The number of rotatable bonds is 5. The molecule has 0 fully saturated rings. The van der Waals surface area contributed by atoms with E-state index in [0.29, 0.717) is 11.0 Å². The van der Waals surface area contributed by atoms with Crippen LogP contribution in [0.5, 0.6) is 5.75 Å². The molecule has 1 aliphatic heterocycles. The Morgan fingerprint density at radius 2 is 1.97 bits per heavy atom.